The molecule has 4 rings (SSSR count). The smallest absolute Gasteiger partial charge is 0.176 e. The van der Waals surface area contributed by atoms with Crippen LogP contribution in [0.15, 0.2) is 90.9 Å². The first kappa shape index (κ1) is 25.5. The molecule has 1 N–H and O–H groups in total. The van der Waals surface area contributed by atoms with E-state index in [0.29, 0.717) is 13.0 Å². The minimum atomic E-state index is -0.229. The molecular formula is C30H33FN4O. The van der Waals surface area contributed by atoms with Crippen molar-refractivity contribution in [1.82, 2.24) is 20.1 Å². The second-order valence-corrected chi connectivity index (χ2v) is 8.97. The fourth-order valence-corrected chi connectivity index (χ4v) is 4.47. The lowest BCUT2D eigenvalue weighted by molar-refractivity contribution is 0.0991. The summed E-state index contributed by atoms with van der Waals surface area (Å²) >= 11 is 0. The first-order valence-corrected chi connectivity index (χ1v) is 12.7. The topological polar surface area (TPSA) is 59.8 Å². The summed E-state index contributed by atoms with van der Waals surface area (Å²) in [6.45, 7) is 3.29. The summed E-state index contributed by atoms with van der Waals surface area (Å²) < 4.78 is 15.7. The predicted molar refractivity (Wildman–Crippen MR) is 143 cm³/mol. The van der Waals surface area contributed by atoms with Gasteiger partial charge in [0, 0.05) is 23.4 Å². The van der Waals surface area contributed by atoms with Crippen molar-refractivity contribution in [3.8, 4) is 5.82 Å². The monoisotopic (exact) mass is 484 g/mol. The Balaban J connectivity index is 1.47. The highest BCUT2D eigenvalue weighted by Gasteiger charge is 2.20. The number of hydrogen-bond donors (Lipinski definition) is 1. The van der Waals surface area contributed by atoms with Crippen LogP contribution >= 0.6 is 0 Å². The molecular weight excluding hydrogens is 451 g/mol. The van der Waals surface area contributed by atoms with Crippen LogP contribution in [0, 0.1) is 0 Å². The van der Waals surface area contributed by atoms with Crippen LogP contribution in [0.5, 0.6) is 0 Å². The normalized spacial score (nSPS) is 14.2. The van der Waals surface area contributed by atoms with Crippen molar-refractivity contribution in [3.63, 3.8) is 0 Å². The summed E-state index contributed by atoms with van der Waals surface area (Å²) in [6, 6.07) is 17.3. The van der Waals surface area contributed by atoms with Crippen molar-refractivity contribution in [2.24, 2.45) is 0 Å². The Hall–Kier alpha value is -3.64. The average molecular weight is 485 g/mol. The zero-order chi connectivity index (χ0) is 25.2. The van der Waals surface area contributed by atoms with E-state index in [4.69, 9.17) is 5.10 Å². The van der Waals surface area contributed by atoms with Gasteiger partial charge in [0.25, 0.3) is 0 Å². The summed E-state index contributed by atoms with van der Waals surface area (Å²) in [6.07, 6.45) is 13.1. The zero-order valence-corrected chi connectivity index (χ0v) is 20.7. The highest BCUT2D eigenvalue weighted by atomic mass is 19.1. The maximum absolute atomic E-state index is 13.7. The standard InChI is InChI=1S/C30H33FN4O/c1-2-10-24(14-9-19-32-22-29(36)25-11-4-3-5-12-25)28-21-27(23-13-8-15-26(31)18-17-23)34-35(28)30-16-6-7-20-33-30/h3-7,11-13,15-18,20-21,24,32H,2,8-10,14,19,22H2,1H3. The molecule has 6 heteroatoms. The Kier molecular flexibility index (Phi) is 9.11. The molecule has 1 atom stereocenters. The van der Waals surface area contributed by atoms with Crippen molar-refractivity contribution < 1.29 is 9.18 Å². The van der Waals surface area contributed by atoms with Gasteiger partial charge in [-0.3, -0.25) is 4.79 Å². The number of pyridine rings is 1. The van der Waals surface area contributed by atoms with Crippen LogP contribution < -0.4 is 5.32 Å². The van der Waals surface area contributed by atoms with Gasteiger partial charge in [0.1, 0.15) is 5.83 Å². The van der Waals surface area contributed by atoms with Gasteiger partial charge < -0.3 is 5.32 Å². The van der Waals surface area contributed by atoms with Crippen LogP contribution in [-0.4, -0.2) is 33.6 Å². The molecule has 186 valence electrons. The second-order valence-electron chi connectivity index (χ2n) is 8.97. The number of hydrogen-bond acceptors (Lipinski definition) is 4. The fraction of sp³-hybridized carbons (Fsp3) is 0.300. The van der Waals surface area contributed by atoms with Crippen LogP contribution in [0.3, 0.4) is 0 Å². The van der Waals surface area contributed by atoms with Crippen LogP contribution in [-0.2, 0) is 0 Å². The number of nitrogens with one attached hydrogen (secondary N) is 1. The number of carbonyl (C=O) groups excluding carboxylic acids is 1. The summed E-state index contributed by atoms with van der Waals surface area (Å²) in [7, 11) is 0. The fourth-order valence-electron chi connectivity index (χ4n) is 4.47. The lowest BCUT2D eigenvalue weighted by atomic mass is 9.93. The van der Waals surface area contributed by atoms with Gasteiger partial charge in [0.15, 0.2) is 11.6 Å². The third-order valence-electron chi connectivity index (χ3n) is 6.31. The number of carbonyl (C=O) groups is 1. The van der Waals surface area contributed by atoms with Gasteiger partial charge in [0.2, 0.25) is 0 Å². The maximum atomic E-state index is 13.7. The molecule has 1 unspecified atom stereocenters. The Morgan fingerprint density at radius 2 is 1.92 bits per heavy atom. The van der Waals surface area contributed by atoms with Crippen molar-refractivity contribution >= 4 is 11.4 Å². The molecule has 0 aliphatic heterocycles. The van der Waals surface area contributed by atoms with E-state index in [1.54, 1.807) is 18.3 Å². The summed E-state index contributed by atoms with van der Waals surface area (Å²) in [5.41, 5.74) is 3.57. The lowest BCUT2D eigenvalue weighted by Crippen LogP contribution is -2.24. The lowest BCUT2D eigenvalue weighted by Gasteiger charge is -2.18. The molecule has 1 aromatic carbocycles. The summed E-state index contributed by atoms with van der Waals surface area (Å²) in [5.74, 6) is 0.936. The number of halogens is 1. The van der Waals surface area contributed by atoms with Crippen LogP contribution in [0.2, 0.25) is 0 Å². The second kappa shape index (κ2) is 12.9. The highest BCUT2D eigenvalue weighted by Crippen LogP contribution is 2.31. The van der Waals surface area contributed by atoms with Gasteiger partial charge in [-0.25, -0.2) is 14.1 Å². The van der Waals surface area contributed by atoms with Gasteiger partial charge >= 0.3 is 0 Å². The Bertz CT molecular complexity index is 1230. The van der Waals surface area contributed by atoms with Crippen molar-refractivity contribution in [2.75, 3.05) is 13.1 Å². The van der Waals surface area contributed by atoms with Gasteiger partial charge in [-0.05, 0) is 68.2 Å². The number of benzene rings is 1. The quantitative estimate of drug-likeness (QED) is 0.232. The molecule has 0 saturated carbocycles. The molecule has 2 heterocycles. The maximum Gasteiger partial charge on any atom is 0.176 e. The molecule has 0 bridgehead atoms. The average Bonchev–Trinajstić information content (AvgIpc) is 3.24. The molecule has 1 aliphatic rings. The van der Waals surface area contributed by atoms with Gasteiger partial charge in [0.05, 0.1) is 12.2 Å². The number of allylic oxidation sites excluding steroid dienone is 6. The molecule has 0 amide bonds. The van der Waals surface area contributed by atoms with E-state index < -0.39 is 0 Å². The van der Waals surface area contributed by atoms with E-state index in [1.807, 2.05) is 59.3 Å². The minimum Gasteiger partial charge on any atom is -0.310 e. The molecule has 0 saturated heterocycles. The van der Waals surface area contributed by atoms with E-state index in [2.05, 4.69) is 23.3 Å². The van der Waals surface area contributed by atoms with E-state index in [1.165, 1.54) is 6.08 Å². The van der Waals surface area contributed by atoms with Crippen molar-refractivity contribution in [3.05, 3.63) is 108 Å². The molecule has 0 spiro atoms. The SMILES string of the molecule is CCCC(CCCNCC(=O)c1ccccc1)c1cc(C2=CCC=C(F)C=C2)nn1-c1ccccn1. The molecule has 5 nitrogen and oxygen atoms in total. The molecule has 2 aromatic heterocycles. The van der Waals surface area contributed by atoms with Gasteiger partial charge in [-0.2, -0.15) is 5.10 Å². The Morgan fingerprint density at radius 1 is 1.08 bits per heavy atom. The van der Waals surface area contributed by atoms with Crippen molar-refractivity contribution in [2.45, 2.75) is 44.9 Å². The third kappa shape index (κ3) is 6.73. The van der Waals surface area contributed by atoms with Crippen LogP contribution in [0.4, 0.5) is 4.39 Å². The Labute approximate surface area is 212 Å². The van der Waals surface area contributed by atoms with E-state index in [0.717, 1.165) is 60.6 Å². The third-order valence-corrected chi connectivity index (χ3v) is 6.31. The molecule has 0 radical (unpaired) electrons. The van der Waals surface area contributed by atoms with Crippen molar-refractivity contribution in [1.29, 1.82) is 0 Å². The minimum absolute atomic E-state index is 0.106. The zero-order valence-electron chi connectivity index (χ0n) is 20.7. The largest absolute Gasteiger partial charge is 0.310 e. The summed E-state index contributed by atoms with van der Waals surface area (Å²) in [4.78, 5) is 16.9. The first-order chi connectivity index (χ1) is 17.7. The molecule has 3 aromatic rings. The molecule has 36 heavy (non-hydrogen) atoms. The van der Waals surface area contributed by atoms with E-state index >= 15 is 0 Å². The molecule has 0 fully saturated rings. The van der Waals surface area contributed by atoms with Crippen LogP contribution in [0.1, 0.15) is 66.7 Å². The number of nitrogens with zero attached hydrogens (tertiary/aromatic N) is 3. The van der Waals surface area contributed by atoms with E-state index in [-0.39, 0.29) is 17.5 Å². The molecule has 1 aliphatic carbocycles. The highest BCUT2D eigenvalue weighted by molar-refractivity contribution is 5.97. The Morgan fingerprint density at radius 3 is 2.69 bits per heavy atom. The van der Waals surface area contributed by atoms with Gasteiger partial charge in [-0.15, -0.1) is 0 Å². The summed E-state index contributed by atoms with van der Waals surface area (Å²) in [5, 5.41) is 8.21. The number of rotatable bonds is 12. The van der Waals surface area contributed by atoms with Crippen LogP contribution in [0.25, 0.3) is 11.4 Å². The first-order valence-electron chi connectivity index (χ1n) is 12.7. The number of ketones is 1. The number of Topliss-reactive ketones (excluding diaryl/α,β-unsaturated/α-hetero) is 1. The number of aromatic nitrogens is 3. The predicted octanol–water partition coefficient (Wildman–Crippen LogP) is 6.60. The van der Waals surface area contributed by atoms with E-state index in [9.17, 15) is 9.18 Å². The van der Waals surface area contributed by atoms with Gasteiger partial charge in [-0.1, -0.05) is 61.9 Å².